The normalized spacial score (nSPS) is 30.0. The summed E-state index contributed by atoms with van der Waals surface area (Å²) in [6.07, 6.45) is 3.97. The molecule has 0 aromatic heterocycles. The molecule has 4 unspecified atom stereocenters. The molecule has 0 spiro atoms. The fraction of sp³-hybridized carbons (Fsp3) is 0.947. The van der Waals surface area contributed by atoms with Crippen molar-refractivity contribution < 1.29 is 4.74 Å². The van der Waals surface area contributed by atoms with Crippen LogP contribution in [0.1, 0.15) is 53.9 Å². The summed E-state index contributed by atoms with van der Waals surface area (Å²) in [6, 6.07) is 0.893. The molecule has 2 aliphatic rings. The van der Waals surface area contributed by atoms with Crippen LogP contribution in [-0.2, 0) is 4.74 Å². The van der Waals surface area contributed by atoms with Crippen LogP contribution in [0.4, 0.5) is 0 Å². The maximum absolute atomic E-state index is 5.89. The maximum atomic E-state index is 5.89. The zero-order valence-corrected chi connectivity index (χ0v) is 16.6. The fourth-order valence-electron chi connectivity index (χ4n) is 4.40. The summed E-state index contributed by atoms with van der Waals surface area (Å²) < 4.78 is 5.89. The second-order valence-electron chi connectivity index (χ2n) is 7.97. The van der Waals surface area contributed by atoms with E-state index < -0.39 is 0 Å². The van der Waals surface area contributed by atoms with Crippen molar-refractivity contribution in [3.8, 4) is 0 Å². The van der Waals surface area contributed by atoms with Crippen LogP contribution in [0.3, 0.4) is 0 Å². The van der Waals surface area contributed by atoms with E-state index in [-0.39, 0.29) is 5.41 Å². The summed E-state index contributed by atoms with van der Waals surface area (Å²) in [5, 5.41) is 7.24. The minimum atomic E-state index is 0.185. The highest BCUT2D eigenvalue weighted by Gasteiger charge is 2.59. The molecule has 24 heavy (non-hydrogen) atoms. The summed E-state index contributed by atoms with van der Waals surface area (Å²) >= 11 is 0. The Morgan fingerprint density at radius 3 is 2.67 bits per heavy atom. The van der Waals surface area contributed by atoms with Gasteiger partial charge in [0.15, 0.2) is 5.96 Å². The highest BCUT2D eigenvalue weighted by molar-refractivity contribution is 5.80. The van der Waals surface area contributed by atoms with Gasteiger partial charge in [0, 0.05) is 37.1 Å². The molecule has 140 valence electrons. The van der Waals surface area contributed by atoms with Gasteiger partial charge in [0.2, 0.25) is 0 Å². The van der Waals surface area contributed by atoms with Crippen molar-refractivity contribution in [1.82, 2.24) is 15.5 Å². The average molecular weight is 339 g/mol. The molecule has 0 aromatic carbocycles. The number of rotatable bonds is 8. The molecule has 2 fully saturated rings. The Labute approximate surface area is 148 Å². The molecule has 0 amide bonds. The Bertz CT molecular complexity index is 420. The second kappa shape index (κ2) is 8.52. The number of hydrogen-bond donors (Lipinski definition) is 2. The number of nitrogens with zero attached hydrogens (tertiary/aromatic N) is 2. The van der Waals surface area contributed by atoms with Gasteiger partial charge >= 0.3 is 0 Å². The molecular formula is C19H38N4O. The van der Waals surface area contributed by atoms with Crippen molar-refractivity contribution in [1.29, 1.82) is 0 Å². The van der Waals surface area contributed by atoms with Gasteiger partial charge in [-0.3, -0.25) is 4.99 Å². The van der Waals surface area contributed by atoms with Gasteiger partial charge in [0.05, 0.1) is 6.10 Å². The van der Waals surface area contributed by atoms with E-state index in [0.717, 1.165) is 25.7 Å². The van der Waals surface area contributed by atoms with Crippen LogP contribution in [0.2, 0.25) is 0 Å². The van der Waals surface area contributed by atoms with Crippen LogP contribution in [0, 0.1) is 11.3 Å². The van der Waals surface area contributed by atoms with E-state index in [1.54, 1.807) is 0 Å². The predicted molar refractivity (Wildman–Crippen MR) is 102 cm³/mol. The molecule has 0 bridgehead atoms. The number of fused-ring (bicyclic) bond motifs is 1. The number of ether oxygens (including phenoxy) is 1. The van der Waals surface area contributed by atoms with Crippen molar-refractivity contribution in [2.75, 3.05) is 33.3 Å². The van der Waals surface area contributed by atoms with E-state index in [2.05, 4.69) is 55.1 Å². The monoisotopic (exact) mass is 338 g/mol. The zero-order valence-electron chi connectivity index (χ0n) is 16.6. The maximum Gasteiger partial charge on any atom is 0.191 e. The Morgan fingerprint density at radius 1 is 1.33 bits per heavy atom. The largest absolute Gasteiger partial charge is 0.377 e. The predicted octanol–water partition coefficient (Wildman–Crippen LogP) is 2.48. The third-order valence-electron chi connectivity index (χ3n) is 6.01. The third-order valence-corrected chi connectivity index (χ3v) is 6.01. The molecule has 1 aliphatic carbocycles. The Balaban J connectivity index is 1.76. The third kappa shape index (κ3) is 4.23. The first-order valence-electron chi connectivity index (χ1n) is 9.77. The first-order chi connectivity index (χ1) is 11.4. The van der Waals surface area contributed by atoms with Crippen LogP contribution in [0.5, 0.6) is 0 Å². The molecule has 1 aliphatic heterocycles. The molecule has 5 heteroatoms. The van der Waals surface area contributed by atoms with Crippen LogP contribution < -0.4 is 10.6 Å². The SMILES string of the molecule is CCN(CC)CCCC(C)NC(=NC)NC1C2CCOC2C1(C)C. The van der Waals surface area contributed by atoms with Crippen molar-refractivity contribution in [2.45, 2.75) is 72.1 Å². The molecule has 0 aromatic rings. The van der Waals surface area contributed by atoms with E-state index >= 15 is 0 Å². The minimum Gasteiger partial charge on any atom is -0.377 e. The van der Waals surface area contributed by atoms with E-state index in [9.17, 15) is 0 Å². The molecule has 1 heterocycles. The number of nitrogens with one attached hydrogen (secondary N) is 2. The van der Waals surface area contributed by atoms with E-state index in [4.69, 9.17) is 4.74 Å². The molecular weight excluding hydrogens is 300 g/mol. The lowest BCUT2D eigenvalue weighted by Gasteiger charge is -2.55. The number of hydrogen-bond acceptors (Lipinski definition) is 3. The van der Waals surface area contributed by atoms with Gasteiger partial charge in [-0.25, -0.2) is 0 Å². The lowest BCUT2D eigenvalue weighted by molar-refractivity contribution is -0.106. The first-order valence-corrected chi connectivity index (χ1v) is 9.77. The molecule has 2 rings (SSSR count). The number of aliphatic imine (C=N–C) groups is 1. The van der Waals surface area contributed by atoms with Crippen molar-refractivity contribution in [3.05, 3.63) is 0 Å². The highest BCUT2D eigenvalue weighted by atomic mass is 16.5. The van der Waals surface area contributed by atoms with Gasteiger partial charge in [0.25, 0.3) is 0 Å². The van der Waals surface area contributed by atoms with E-state index in [1.165, 1.54) is 25.8 Å². The van der Waals surface area contributed by atoms with Crippen LogP contribution in [0.25, 0.3) is 0 Å². The second-order valence-corrected chi connectivity index (χ2v) is 7.97. The molecule has 1 saturated heterocycles. The van der Waals surface area contributed by atoms with Gasteiger partial charge < -0.3 is 20.3 Å². The van der Waals surface area contributed by atoms with Crippen LogP contribution >= 0.6 is 0 Å². The molecule has 1 saturated carbocycles. The van der Waals surface area contributed by atoms with Gasteiger partial charge in [-0.1, -0.05) is 27.7 Å². The van der Waals surface area contributed by atoms with E-state index in [0.29, 0.717) is 24.1 Å². The van der Waals surface area contributed by atoms with Crippen molar-refractivity contribution in [2.24, 2.45) is 16.3 Å². The standard InChI is InChI=1S/C19H38N4O/c1-7-23(8-2)12-9-10-14(3)21-18(20-6)22-16-15-11-13-24-17(15)19(16,4)5/h14-17H,7-13H2,1-6H3,(H2,20,21,22). The average Bonchev–Trinajstić information content (AvgIpc) is 3.02. The first kappa shape index (κ1) is 19.5. The Hall–Kier alpha value is -0.810. The van der Waals surface area contributed by atoms with Gasteiger partial charge in [-0.05, 0) is 45.8 Å². The lowest BCUT2D eigenvalue weighted by Crippen LogP contribution is -2.68. The number of guanidine groups is 1. The van der Waals surface area contributed by atoms with E-state index in [1.807, 2.05) is 7.05 Å². The topological polar surface area (TPSA) is 48.9 Å². The van der Waals surface area contributed by atoms with Crippen LogP contribution in [-0.4, -0.2) is 62.3 Å². The van der Waals surface area contributed by atoms with Gasteiger partial charge in [0.1, 0.15) is 0 Å². The summed E-state index contributed by atoms with van der Waals surface area (Å²) in [6.45, 7) is 15.7. The summed E-state index contributed by atoms with van der Waals surface area (Å²) in [5.74, 6) is 1.57. The van der Waals surface area contributed by atoms with Crippen LogP contribution in [0.15, 0.2) is 4.99 Å². The zero-order chi connectivity index (χ0) is 17.7. The molecule has 5 nitrogen and oxygen atoms in total. The summed E-state index contributed by atoms with van der Waals surface area (Å²) in [7, 11) is 1.87. The Morgan fingerprint density at radius 2 is 2.04 bits per heavy atom. The molecule has 2 N–H and O–H groups in total. The summed E-state index contributed by atoms with van der Waals surface area (Å²) in [5.41, 5.74) is 0.185. The van der Waals surface area contributed by atoms with Crippen molar-refractivity contribution in [3.63, 3.8) is 0 Å². The fourth-order valence-corrected chi connectivity index (χ4v) is 4.40. The smallest absolute Gasteiger partial charge is 0.191 e. The minimum absolute atomic E-state index is 0.185. The Kier molecular flexibility index (Phi) is 6.93. The highest BCUT2D eigenvalue weighted by Crippen LogP contribution is 2.52. The molecule has 4 atom stereocenters. The van der Waals surface area contributed by atoms with Gasteiger partial charge in [-0.2, -0.15) is 0 Å². The van der Waals surface area contributed by atoms with Crippen molar-refractivity contribution >= 4 is 5.96 Å². The summed E-state index contributed by atoms with van der Waals surface area (Å²) in [4.78, 5) is 6.93. The van der Waals surface area contributed by atoms with Gasteiger partial charge in [-0.15, -0.1) is 0 Å². The molecule has 0 radical (unpaired) electrons. The quantitative estimate of drug-likeness (QED) is 0.527. The lowest BCUT2D eigenvalue weighted by atomic mass is 9.57.